The van der Waals surface area contributed by atoms with Gasteiger partial charge >= 0.3 is 18.2 Å². The number of fused-ring (bicyclic) bond motifs is 4. The van der Waals surface area contributed by atoms with Gasteiger partial charge in [-0.05, 0) is 106 Å². The molecule has 4 rings (SSSR count). The zero-order valence-electron chi connectivity index (χ0n) is 24.4. The van der Waals surface area contributed by atoms with E-state index in [1.807, 2.05) is 41.5 Å². The highest BCUT2D eigenvalue weighted by Crippen LogP contribution is 2.57. The fourth-order valence-electron chi connectivity index (χ4n) is 6.85. The third kappa shape index (κ3) is 6.54. The minimum Gasteiger partial charge on any atom is -0.481 e. The zero-order chi connectivity index (χ0) is 28.8. The monoisotopic (exact) mass is 537 g/mol. The summed E-state index contributed by atoms with van der Waals surface area (Å²) in [6.45, 7) is 11.0. The fourth-order valence-corrected chi connectivity index (χ4v) is 6.85. The molecule has 0 saturated heterocycles. The van der Waals surface area contributed by atoms with Gasteiger partial charge in [0, 0.05) is 25.2 Å². The quantitative estimate of drug-likeness (QED) is 0.477. The van der Waals surface area contributed by atoms with Gasteiger partial charge in [-0.25, -0.2) is 9.59 Å². The van der Waals surface area contributed by atoms with Crippen LogP contribution in [0.5, 0.6) is 0 Å². The van der Waals surface area contributed by atoms with E-state index in [-0.39, 0.29) is 28.5 Å². The molecule has 3 N–H and O–H groups in total. The van der Waals surface area contributed by atoms with Gasteiger partial charge in [0.1, 0.15) is 11.2 Å². The van der Waals surface area contributed by atoms with Crippen LogP contribution in [-0.2, 0) is 19.1 Å². The second-order valence-electron chi connectivity index (χ2n) is 14.2. The number of ether oxygens (including phenoxy) is 2. The summed E-state index contributed by atoms with van der Waals surface area (Å²) in [5.41, 5.74) is -2.50. The smallest absolute Gasteiger partial charge is 0.408 e. The van der Waals surface area contributed by atoms with Crippen LogP contribution in [-0.4, -0.2) is 70.4 Å². The van der Waals surface area contributed by atoms with Gasteiger partial charge < -0.3 is 30.1 Å². The Labute approximate surface area is 226 Å². The van der Waals surface area contributed by atoms with Gasteiger partial charge in [0.2, 0.25) is 5.91 Å². The maximum absolute atomic E-state index is 12.4. The van der Waals surface area contributed by atoms with Crippen LogP contribution < -0.4 is 10.6 Å². The van der Waals surface area contributed by atoms with Crippen molar-refractivity contribution in [1.29, 1.82) is 0 Å². The van der Waals surface area contributed by atoms with Gasteiger partial charge in [0.05, 0.1) is 10.8 Å². The number of carboxylic acids is 1. The maximum atomic E-state index is 12.4. The topological polar surface area (TPSA) is 134 Å². The minimum absolute atomic E-state index is 0.197. The Morgan fingerprint density at radius 1 is 0.658 bits per heavy atom. The molecule has 4 aliphatic carbocycles. The van der Waals surface area contributed by atoms with Crippen molar-refractivity contribution in [3.8, 4) is 0 Å². The molecule has 4 fully saturated rings. The van der Waals surface area contributed by atoms with Crippen LogP contribution >= 0.6 is 0 Å². The number of carbonyl (C=O) groups is 4. The summed E-state index contributed by atoms with van der Waals surface area (Å²) in [6.07, 6.45) is 6.70. The molecule has 0 spiro atoms. The van der Waals surface area contributed by atoms with E-state index in [0.717, 1.165) is 44.9 Å². The molecule has 4 saturated carbocycles. The first kappa shape index (κ1) is 30.0. The molecule has 216 valence electrons. The van der Waals surface area contributed by atoms with Crippen LogP contribution in [0.4, 0.5) is 9.59 Å². The lowest BCUT2D eigenvalue weighted by Gasteiger charge is -2.30. The maximum Gasteiger partial charge on any atom is 0.408 e. The van der Waals surface area contributed by atoms with Gasteiger partial charge in [-0.3, -0.25) is 9.59 Å². The summed E-state index contributed by atoms with van der Waals surface area (Å²) < 4.78 is 10.6. The predicted molar refractivity (Wildman–Crippen MR) is 142 cm³/mol. The normalized spacial score (nSPS) is 33.2. The molecule has 10 nitrogen and oxygen atoms in total. The molecule has 4 aliphatic rings. The number of alkyl carbamates (subject to hydrolysis) is 2. The molecule has 0 unspecified atom stereocenters. The summed E-state index contributed by atoms with van der Waals surface area (Å²) in [6, 6.07) is 0. The van der Waals surface area contributed by atoms with E-state index >= 15 is 0 Å². The van der Waals surface area contributed by atoms with Crippen LogP contribution in [0.1, 0.15) is 106 Å². The number of hydrogen-bond acceptors (Lipinski definition) is 6. The zero-order valence-corrected chi connectivity index (χ0v) is 24.4. The number of rotatable bonds is 4. The largest absolute Gasteiger partial charge is 0.481 e. The lowest BCUT2D eigenvalue weighted by atomic mass is 9.83. The highest BCUT2D eigenvalue weighted by Gasteiger charge is 2.60. The Kier molecular flexibility index (Phi) is 7.82. The molecule has 0 heterocycles. The van der Waals surface area contributed by atoms with Crippen LogP contribution in [0, 0.1) is 10.8 Å². The van der Waals surface area contributed by atoms with E-state index in [0.29, 0.717) is 19.3 Å². The number of amides is 3. The SMILES string of the molecule is CC(C)(C)OC(=O)NC12CCC(C(=O)O)(CC1)C2.CN(C)C(=O)C12CCC(NC(=O)OC(C)(C)C)(CC1)C2. The van der Waals surface area contributed by atoms with E-state index in [9.17, 15) is 24.3 Å². The standard InChI is InChI=1S/C15H26N2O3.C13H21NO4/c1-13(2,3)20-12(19)16-15-8-6-14(10-15,7-9-15)11(18)17(4)5;1-11(2,3)18-10(17)14-13-6-4-12(8-13,5-7-13)9(15)16/h6-10H2,1-5H3,(H,16,19);4-8H2,1-3H3,(H,14,17)(H,15,16). The average molecular weight is 538 g/mol. The van der Waals surface area contributed by atoms with Crippen molar-refractivity contribution in [2.24, 2.45) is 10.8 Å². The van der Waals surface area contributed by atoms with Gasteiger partial charge in [-0.15, -0.1) is 0 Å². The number of nitrogens with one attached hydrogen (secondary N) is 2. The third-order valence-corrected chi connectivity index (χ3v) is 8.53. The van der Waals surface area contributed by atoms with Gasteiger partial charge in [0.15, 0.2) is 0 Å². The summed E-state index contributed by atoms with van der Waals surface area (Å²) in [7, 11) is 3.60. The van der Waals surface area contributed by atoms with Crippen molar-refractivity contribution in [3.63, 3.8) is 0 Å². The first-order valence-electron chi connectivity index (χ1n) is 13.7. The molecule has 0 aliphatic heterocycles. The van der Waals surface area contributed by atoms with E-state index in [1.165, 1.54) is 0 Å². The van der Waals surface area contributed by atoms with Crippen molar-refractivity contribution in [3.05, 3.63) is 0 Å². The molecule has 4 bridgehead atoms. The Balaban J connectivity index is 0.000000212. The first-order chi connectivity index (χ1) is 17.2. The molecule has 0 aromatic heterocycles. The molecule has 0 aromatic rings. The van der Waals surface area contributed by atoms with Gasteiger partial charge in [0.25, 0.3) is 0 Å². The van der Waals surface area contributed by atoms with E-state index in [4.69, 9.17) is 9.47 Å². The molecular formula is C28H47N3O7. The van der Waals surface area contributed by atoms with Crippen LogP contribution in [0.2, 0.25) is 0 Å². The van der Waals surface area contributed by atoms with E-state index in [1.54, 1.807) is 19.0 Å². The van der Waals surface area contributed by atoms with Gasteiger partial charge in [-0.2, -0.15) is 0 Å². The molecule has 10 heteroatoms. The Morgan fingerprint density at radius 2 is 1.00 bits per heavy atom. The van der Waals surface area contributed by atoms with Crippen molar-refractivity contribution in [2.75, 3.05) is 14.1 Å². The molecule has 0 atom stereocenters. The minimum atomic E-state index is -0.729. The molecule has 38 heavy (non-hydrogen) atoms. The second kappa shape index (κ2) is 9.90. The molecular weight excluding hydrogens is 490 g/mol. The van der Waals surface area contributed by atoms with Crippen LogP contribution in [0.25, 0.3) is 0 Å². The number of nitrogens with zero attached hydrogens (tertiary/aromatic N) is 1. The second-order valence-corrected chi connectivity index (χ2v) is 14.2. The Bertz CT molecular complexity index is 944. The number of carboxylic acid groups (broad SMARTS) is 1. The third-order valence-electron chi connectivity index (χ3n) is 8.53. The fraction of sp³-hybridized carbons (Fsp3) is 0.857. The predicted octanol–water partition coefficient (Wildman–Crippen LogP) is 4.60. The highest BCUT2D eigenvalue weighted by molar-refractivity contribution is 5.84. The highest BCUT2D eigenvalue weighted by atomic mass is 16.6. The average Bonchev–Trinajstić information content (AvgIpc) is 3.48. The van der Waals surface area contributed by atoms with Gasteiger partial charge in [-0.1, -0.05) is 0 Å². The molecule has 0 radical (unpaired) electrons. The number of carbonyl (C=O) groups excluding carboxylic acids is 3. The van der Waals surface area contributed by atoms with Crippen molar-refractivity contribution in [2.45, 2.75) is 128 Å². The summed E-state index contributed by atoms with van der Waals surface area (Å²) in [5.74, 6) is -0.532. The number of hydrogen-bond donors (Lipinski definition) is 3. The van der Waals surface area contributed by atoms with Crippen molar-refractivity contribution in [1.82, 2.24) is 15.5 Å². The van der Waals surface area contributed by atoms with Crippen LogP contribution in [0.15, 0.2) is 0 Å². The lowest BCUT2D eigenvalue weighted by Crippen LogP contribution is -2.47. The molecule has 3 amide bonds. The summed E-state index contributed by atoms with van der Waals surface area (Å²) in [5, 5.41) is 15.2. The molecule has 0 aromatic carbocycles. The number of aliphatic carboxylic acids is 1. The van der Waals surface area contributed by atoms with E-state index < -0.39 is 28.7 Å². The lowest BCUT2D eigenvalue weighted by molar-refractivity contribution is -0.148. The first-order valence-corrected chi connectivity index (χ1v) is 13.7. The van der Waals surface area contributed by atoms with Crippen LogP contribution in [0.3, 0.4) is 0 Å². The van der Waals surface area contributed by atoms with Crippen molar-refractivity contribution >= 4 is 24.1 Å². The van der Waals surface area contributed by atoms with E-state index in [2.05, 4.69) is 10.6 Å². The Morgan fingerprint density at radius 3 is 1.29 bits per heavy atom. The Hall–Kier alpha value is -2.52. The van der Waals surface area contributed by atoms with Crippen molar-refractivity contribution < 1.29 is 33.8 Å². The summed E-state index contributed by atoms with van der Waals surface area (Å²) in [4.78, 5) is 49.1. The summed E-state index contributed by atoms with van der Waals surface area (Å²) >= 11 is 0.